The molecule has 1 amide bonds. The van der Waals surface area contributed by atoms with E-state index in [0.717, 1.165) is 62.7 Å². The minimum atomic E-state index is -0.612. The van der Waals surface area contributed by atoms with Crippen molar-refractivity contribution in [1.29, 1.82) is 5.26 Å². The fourth-order valence-electron chi connectivity index (χ4n) is 6.84. The van der Waals surface area contributed by atoms with Crippen LogP contribution in [0.5, 0.6) is 6.01 Å². The third-order valence-corrected chi connectivity index (χ3v) is 9.04. The van der Waals surface area contributed by atoms with Crippen LogP contribution in [0.4, 0.5) is 16.3 Å². The van der Waals surface area contributed by atoms with Gasteiger partial charge in [0.2, 0.25) is 0 Å². The van der Waals surface area contributed by atoms with E-state index in [2.05, 4.69) is 70.2 Å². The van der Waals surface area contributed by atoms with Crippen LogP contribution in [-0.4, -0.2) is 103 Å². The van der Waals surface area contributed by atoms with E-state index in [9.17, 15) is 10.1 Å². The number of hydrogen-bond donors (Lipinski definition) is 0. The third-order valence-electron chi connectivity index (χ3n) is 9.04. The van der Waals surface area contributed by atoms with E-state index >= 15 is 0 Å². The molecular weight excluding hydrogens is 594 g/mol. The zero-order valence-electron chi connectivity index (χ0n) is 28.2. The number of rotatable bonds is 8. The Hall–Kier alpha value is -4.14. The summed E-state index contributed by atoms with van der Waals surface area (Å²) < 4.78 is 17.6. The largest absolute Gasteiger partial charge is 0.463 e. The number of benzene rings is 2. The van der Waals surface area contributed by atoms with Crippen molar-refractivity contribution >= 4 is 28.4 Å². The first kappa shape index (κ1) is 32.8. The second-order valence-corrected chi connectivity index (χ2v) is 13.7. The zero-order chi connectivity index (χ0) is 33.0. The van der Waals surface area contributed by atoms with Gasteiger partial charge in [-0.05, 0) is 52.0 Å². The van der Waals surface area contributed by atoms with Gasteiger partial charge in [-0.1, -0.05) is 36.4 Å². The van der Waals surface area contributed by atoms with Gasteiger partial charge in [0.25, 0.3) is 0 Å². The molecule has 6 rings (SSSR count). The van der Waals surface area contributed by atoms with Crippen molar-refractivity contribution in [2.24, 2.45) is 0 Å². The minimum absolute atomic E-state index is 0.210. The maximum Gasteiger partial charge on any atom is 0.410 e. The molecule has 0 radical (unpaired) electrons. The van der Waals surface area contributed by atoms with E-state index < -0.39 is 5.60 Å². The summed E-state index contributed by atoms with van der Waals surface area (Å²) >= 11 is 0. The Morgan fingerprint density at radius 2 is 1.87 bits per heavy atom. The molecule has 4 heterocycles. The van der Waals surface area contributed by atoms with E-state index in [1.165, 1.54) is 16.5 Å². The topological polar surface area (TPSA) is 107 Å². The van der Waals surface area contributed by atoms with Crippen LogP contribution in [0, 0.1) is 11.3 Å². The van der Waals surface area contributed by atoms with Gasteiger partial charge < -0.3 is 28.9 Å². The molecule has 11 nitrogen and oxygen atoms in total. The van der Waals surface area contributed by atoms with Crippen LogP contribution >= 0.6 is 0 Å². The maximum atomic E-state index is 13.1. The van der Waals surface area contributed by atoms with E-state index in [-0.39, 0.29) is 24.7 Å². The molecule has 47 heavy (non-hydrogen) atoms. The molecule has 0 bridgehead atoms. The summed E-state index contributed by atoms with van der Waals surface area (Å²) in [4.78, 5) is 31.8. The standard InChI is InChI=1S/C36H47N7O4/c1-26-23-40(20-22-45-26)16-8-21-46-34-38-31-25-41(32-12-7-10-27-9-5-6-11-29(27)32)17-14-30(31)33(39-34)42-18-19-43(28(24-42)13-15-37)35(44)47-36(2,3)4/h5-7,9-12,26,28H,8,13-14,16-25H2,1-4H3/t26-,28?/m0/s1. The number of carbonyl (C=O) groups is 1. The fourth-order valence-corrected chi connectivity index (χ4v) is 6.84. The lowest BCUT2D eigenvalue weighted by Crippen LogP contribution is -2.56. The second-order valence-electron chi connectivity index (χ2n) is 13.7. The highest BCUT2D eigenvalue weighted by atomic mass is 16.6. The van der Waals surface area contributed by atoms with Gasteiger partial charge in [-0.15, -0.1) is 0 Å². The molecule has 3 aliphatic rings. The number of fused-ring (bicyclic) bond motifs is 2. The monoisotopic (exact) mass is 641 g/mol. The van der Waals surface area contributed by atoms with Crippen molar-refractivity contribution < 1.29 is 19.0 Å². The van der Waals surface area contributed by atoms with E-state index in [0.29, 0.717) is 38.8 Å². The third kappa shape index (κ3) is 7.88. The molecule has 3 aliphatic heterocycles. The van der Waals surface area contributed by atoms with Crippen LogP contribution in [-0.2, 0) is 22.4 Å². The van der Waals surface area contributed by atoms with Crippen LogP contribution < -0.4 is 14.5 Å². The Balaban J connectivity index is 1.25. The normalized spacial score (nSPS) is 20.5. The summed E-state index contributed by atoms with van der Waals surface area (Å²) in [5, 5.41) is 12.1. The smallest absolute Gasteiger partial charge is 0.410 e. The molecule has 0 aliphatic carbocycles. The average molecular weight is 642 g/mol. The number of carbonyl (C=O) groups excluding carboxylic acids is 1. The second kappa shape index (κ2) is 14.3. The summed E-state index contributed by atoms with van der Waals surface area (Å²) in [5.41, 5.74) is 2.64. The van der Waals surface area contributed by atoms with E-state index in [1.54, 1.807) is 4.90 Å². The van der Waals surface area contributed by atoms with E-state index in [4.69, 9.17) is 24.2 Å². The molecule has 0 spiro atoms. The zero-order valence-corrected chi connectivity index (χ0v) is 28.2. The lowest BCUT2D eigenvalue weighted by Gasteiger charge is -2.42. The molecule has 1 unspecified atom stereocenters. The number of piperazine rings is 1. The Kier molecular flexibility index (Phi) is 9.99. The summed E-state index contributed by atoms with van der Waals surface area (Å²) in [5.74, 6) is 0.844. The Bertz CT molecular complexity index is 1600. The Labute approximate surface area is 278 Å². The van der Waals surface area contributed by atoms with Gasteiger partial charge in [0, 0.05) is 62.5 Å². The SMILES string of the molecule is C[C@H]1CN(CCCOc2nc3c(c(N4CCN(C(=O)OC(C)(C)C)C(CC#N)C4)n2)CCN(c2cccc4ccccc24)C3)CCO1. The minimum Gasteiger partial charge on any atom is -0.463 e. The van der Waals surface area contributed by atoms with Gasteiger partial charge in [0.1, 0.15) is 11.4 Å². The van der Waals surface area contributed by atoms with Crippen molar-refractivity contribution in [2.45, 2.75) is 71.2 Å². The number of amides is 1. The molecule has 2 fully saturated rings. The lowest BCUT2D eigenvalue weighted by molar-refractivity contribution is -0.0194. The van der Waals surface area contributed by atoms with Gasteiger partial charge >= 0.3 is 12.1 Å². The molecule has 0 N–H and O–H groups in total. The highest BCUT2D eigenvalue weighted by molar-refractivity contribution is 5.94. The highest BCUT2D eigenvalue weighted by Crippen LogP contribution is 2.35. The lowest BCUT2D eigenvalue weighted by atomic mass is 10.0. The van der Waals surface area contributed by atoms with Crippen LogP contribution in [0.15, 0.2) is 42.5 Å². The fraction of sp³-hybridized carbons (Fsp3) is 0.556. The number of anilines is 2. The number of ether oxygens (including phenoxy) is 3. The molecule has 2 saturated heterocycles. The van der Waals surface area contributed by atoms with Crippen molar-refractivity contribution in [2.75, 3.05) is 68.8 Å². The van der Waals surface area contributed by atoms with Gasteiger partial charge in [-0.3, -0.25) is 4.90 Å². The van der Waals surface area contributed by atoms with Gasteiger partial charge in [-0.2, -0.15) is 15.2 Å². The van der Waals surface area contributed by atoms with Crippen molar-refractivity contribution in [1.82, 2.24) is 19.8 Å². The summed E-state index contributed by atoms with van der Waals surface area (Å²) in [6.07, 6.45) is 1.72. The number of morpholine rings is 1. The van der Waals surface area contributed by atoms with Crippen molar-refractivity contribution in [3.05, 3.63) is 53.7 Å². The number of hydrogen-bond acceptors (Lipinski definition) is 10. The van der Waals surface area contributed by atoms with Gasteiger partial charge in [0.05, 0.1) is 50.1 Å². The van der Waals surface area contributed by atoms with Gasteiger partial charge in [-0.25, -0.2) is 4.79 Å². The maximum absolute atomic E-state index is 13.1. The highest BCUT2D eigenvalue weighted by Gasteiger charge is 2.36. The van der Waals surface area contributed by atoms with Crippen LogP contribution in [0.2, 0.25) is 0 Å². The first-order valence-corrected chi connectivity index (χ1v) is 16.9. The molecule has 2 atom stereocenters. The molecule has 1 aromatic heterocycles. The number of nitriles is 1. The Morgan fingerprint density at radius 3 is 2.68 bits per heavy atom. The van der Waals surface area contributed by atoms with Crippen LogP contribution in [0.1, 0.15) is 51.8 Å². The van der Waals surface area contributed by atoms with Crippen molar-refractivity contribution in [3.63, 3.8) is 0 Å². The molecule has 0 saturated carbocycles. The molecule has 2 aromatic carbocycles. The molecule has 11 heteroatoms. The van der Waals surface area contributed by atoms with Crippen LogP contribution in [0.25, 0.3) is 10.8 Å². The van der Waals surface area contributed by atoms with Crippen LogP contribution in [0.3, 0.4) is 0 Å². The predicted molar refractivity (Wildman–Crippen MR) is 182 cm³/mol. The predicted octanol–water partition coefficient (Wildman–Crippen LogP) is 5.02. The number of nitrogens with zero attached hydrogens (tertiary/aromatic N) is 7. The first-order valence-electron chi connectivity index (χ1n) is 16.9. The molecule has 250 valence electrons. The molecule has 3 aromatic rings. The summed E-state index contributed by atoms with van der Waals surface area (Å²) in [7, 11) is 0. The average Bonchev–Trinajstić information content (AvgIpc) is 3.05. The molecular formula is C36H47N7O4. The quantitative estimate of drug-likeness (QED) is 0.311. The Morgan fingerprint density at radius 1 is 1.04 bits per heavy atom. The first-order chi connectivity index (χ1) is 22.7. The van der Waals surface area contributed by atoms with E-state index in [1.807, 2.05) is 20.8 Å². The van der Waals surface area contributed by atoms with Gasteiger partial charge in [0.15, 0.2) is 0 Å². The summed E-state index contributed by atoms with van der Waals surface area (Å²) in [6.45, 7) is 14.7. The summed E-state index contributed by atoms with van der Waals surface area (Å²) in [6, 6.07) is 17.3. The number of aromatic nitrogens is 2. The van der Waals surface area contributed by atoms with Crippen molar-refractivity contribution in [3.8, 4) is 12.1 Å².